The second-order valence-electron chi connectivity index (χ2n) is 4.32. The summed E-state index contributed by atoms with van der Waals surface area (Å²) in [4.78, 5) is 15.2. The third-order valence-electron chi connectivity index (χ3n) is 2.75. The summed E-state index contributed by atoms with van der Waals surface area (Å²) in [6.45, 7) is 5.66. The van der Waals surface area contributed by atoms with Gasteiger partial charge in [0.15, 0.2) is 0 Å². The number of urea groups is 1. The number of likely N-dealkylation sites (tertiary alicyclic amines) is 1. The zero-order valence-electron chi connectivity index (χ0n) is 9.29. The minimum absolute atomic E-state index is 0.0208. The highest BCUT2D eigenvalue weighted by molar-refractivity contribution is 5.74. The number of piperidine rings is 1. The van der Waals surface area contributed by atoms with Gasteiger partial charge in [0.1, 0.15) is 0 Å². The number of amides is 2. The molecule has 1 saturated heterocycles. The van der Waals surface area contributed by atoms with Gasteiger partial charge in [-0.05, 0) is 26.7 Å². The molecule has 2 amide bonds. The molecule has 0 aromatic rings. The van der Waals surface area contributed by atoms with Crippen LogP contribution in [0.3, 0.4) is 0 Å². The smallest absolute Gasteiger partial charge is 0.319 e. The van der Waals surface area contributed by atoms with Gasteiger partial charge in [-0.1, -0.05) is 0 Å². The lowest BCUT2D eigenvalue weighted by atomic mass is 9.95. The molecule has 0 aromatic carbocycles. The van der Waals surface area contributed by atoms with E-state index in [1.165, 1.54) is 0 Å². The standard InChI is InChI=1S/C10H20N2O2/c1-4-11(3)9(13)12-7-5-6-10(2,14)8-12/h14H,4-8H2,1-3H3. The summed E-state index contributed by atoms with van der Waals surface area (Å²) in [6.07, 6.45) is 1.67. The van der Waals surface area contributed by atoms with Crippen LogP contribution in [0.5, 0.6) is 0 Å². The summed E-state index contributed by atoms with van der Waals surface area (Å²) >= 11 is 0. The number of carbonyl (C=O) groups excluding carboxylic acids is 1. The van der Waals surface area contributed by atoms with Crippen molar-refractivity contribution in [1.29, 1.82) is 0 Å². The molecule has 0 spiro atoms. The van der Waals surface area contributed by atoms with Crippen molar-refractivity contribution in [2.75, 3.05) is 26.7 Å². The van der Waals surface area contributed by atoms with Crippen LogP contribution in [0.25, 0.3) is 0 Å². The number of carbonyl (C=O) groups is 1. The van der Waals surface area contributed by atoms with E-state index in [0.29, 0.717) is 13.1 Å². The third-order valence-corrected chi connectivity index (χ3v) is 2.75. The van der Waals surface area contributed by atoms with Crippen LogP contribution < -0.4 is 0 Å². The number of nitrogens with zero attached hydrogens (tertiary/aromatic N) is 2. The van der Waals surface area contributed by atoms with E-state index in [-0.39, 0.29) is 6.03 Å². The van der Waals surface area contributed by atoms with Crippen LogP contribution in [-0.2, 0) is 0 Å². The maximum Gasteiger partial charge on any atom is 0.319 e. The average Bonchev–Trinajstić information content (AvgIpc) is 2.14. The Morgan fingerprint density at radius 2 is 2.29 bits per heavy atom. The SMILES string of the molecule is CCN(C)C(=O)N1CCCC(C)(O)C1. The van der Waals surface area contributed by atoms with Crippen molar-refractivity contribution in [3.63, 3.8) is 0 Å². The molecule has 1 unspecified atom stereocenters. The van der Waals surface area contributed by atoms with Gasteiger partial charge in [-0.3, -0.25) is 0 Å². The molecule has 14 heavy (non-hydrogen) atoms. The molecule has 1 rings (SSSR count). The van der Waals surface area contributed by atoms with E-state index in [4.69, 9.17) is 0 Å². The molecule has 0 aromatic heterocycles. The van der Waals surface area contributed by atoms with E-state index >= 15 is 0 Å². The molecule has 0 bridgehead atoms. The first kappa shape index (κ1) is 11.3. The van der Waals surface area contributed by atoms with Crippen molar-refractivity contribution in [2.45, 2.75) is 32.3 Å². The van der Waals surface area contributed by atoms with Gasteiger partial charge in [0, 0.05) is 20.1 Å². The zero-order valence-corrected chi connectivity index (χ0v) is 9.29. The molecular formula is C10H20N2O2. The Bertz CT molecular complexity index is 216. The zero-order chi connectivity index (χ0) is 10.8. The van der Waals surface area contributed by atoms with Crippen molar-refractivity contribution >= 4 is 6.03 Å². The summed E-state index contributed by atoms with van der Waals surface area (Å²) in [6, 6.07) is 0.0208. The van der Waals surface area contributed by atoms with Crippen LogP contribution in [-0.4, -0.2) is 53.2 Å². The molecular weight excluding hydrogens is 180 g/mol. The number of rotatable bonds is 1. The minimum Gasteiger partial charge on any atom is -0.388 e. The lowest BCUT2D eigenvalue weighted by Gasteiger charge is -2.38. The molecule has 0 aliphatic carbocycles. The van der Waals surface area contributed by atoms with Gasteiger partial charge in [-0.15, -0.1) is 0 Å². The number of hydrogen-bond donors (Lipinski definition) is 1. The Morgan fingerprint density at radius 3 is 2.79 bits per heavy atom. The molecule has 1 aliphatic rings. The fourth-order valence-corrected chi connectivity index (χ4v) is 1.76. The predicted octanol–water partition coefficient (Wildman–Crippen LogP) is 0.905. The van der Waals surface area contributed by atoms with Crippen LogP contribution >= 0.6 is 0 Å². The highest BCUT2D eigenvalue weighted by atomic mass is 16.3. The second kappa shape index (κ2) is 4.17. The molecule has 4 nitrogen and oxygen atoms in total. The van der Waals surface area contributed by atoms with Gasteiger partial charge >= 0.3 is 6.03 Å². The average molecular weight is 200 g/mol. The maximum absolute atomic E-state index is 11.8. The van der Waals surface area contributed by atoms with Crippen LogP contribution in [0.15, 0.2) is 0 Å². The molecule has 0 saturated carbocycles. The summed E-state index contributed by atoms with van der Waals surface area (Å²) in [5.74, 6) is 0. The predicted molar refractivity (Wildman–Crippen MR) is 55.1 cm³/mol. The van der Waals surface area contributed by atoms with E-state index < -0.39 is 5.60 Å². The molecule has 82 valence electrons. The molecule has 0 radical (unpaired) electrons. The van der Waals surface area contributed by atoms with E-state index in [2.05, 4.69) is 0 Å². The largest absolute Gasteiger partial charge is 0.388 e. The molecule has 4 heteroatoms. The first-order valence-electron chi connectivity index (χ1n) is 5.19. The Hall–Kier alpha value is -0.770. The Labute approximate surface area is 85.5 Å². The van der Waals surface area contributed by atoms with E-state index in [1.54, 1.807) is 23.8 Å². The van der Waals surface area contributed by atoms with E-state index in [9.17, 15) is 9.90 Å². The number of β-amino-alcohol motifs (C(OH)–C–C–N with tert-alkyl or cyclic N) is 1. The molecule has 1 heterocycles. The van der Waals surface area contributed by atoms with Crippen molar-refractivity contribution in [3.8, 4) is 0 Å². The van der Waals surface area contributed by atoms with Crippen molar-refractivity contribution in [1.82, 2.24) is 9.80 Å². The van der Waals surface area contributed by atoms with Crippen molar-refractivity contribution < 1.29 is 9.90 Å². The monoisotopic (exact) mass is 200 g/mol. The third kappa shape index (κ3) is 2.61. The van der Waals surface area contributed by atoms with Crippen LogP contribution in [0.2, 0.25) is 0 Å². The maximum atomic E-state index is 11.8. The number of aliphatic hydroxyl groups is 1. The van der Waals surface area contributed by atoms with Crippen molar-refractivity contribution in [3.05, 3.63) is 0 Å². The van der Waals surface area contributed by atoms with E-state index in [1.807, 2.05) is 6.92 Å². The second-order valence-corrected chi connectivity index (χ2v) is 4.32. The molecule has 1 aliphatic heterocycles. The first-order chi connectivity index (χ1) is 6.46. The Kier molecular flexibility index (Phi) is 3.37. The van der Waals surface area contributed by atoms with Gasteiger partial charge in [0.05, 0.1) is 12.1 Å². The van der Waals surface area contributed by atoms with Gasteiger partial charge in [0.25, 0.3) is 0 Å². The highest BCUT2D eigenvalue weighted by Crippen LogP contribution is 2.20. The first-order valence-corrected chi connectivity index (χ1v) is 5.19. The lowest BCUT2D eigenvalue weighted by molar-refractivity contribution is -0.00646. The Morgan fingerprint density at radius 1 is 1.64 bits per heavy atom. The summed E-state index contributed by atoms with van der Waals surface area (Å²) < 4.78 is 0. The number of hydrogen-bond acceptors (Lipinski definition) is 2. The fourth-order valence-electron chi connectivity index (χ4n) is 1.76. The topological polar surface area (TPSA) is 43.8 Å². The molecule has 1 N–H and O–H groups in total. The van der Waals surface area contributed by atoms with Crippen LogP contribution in [0, 0.1) is 0 Å². The van der Waals surface area contributed by atoms with Crippen molar-refractivity contribution in [2.24, 2.45) is 0 Å². The van der Waals surface area contributed by atoms with Gasteiger partial charge in [0.2, 0.25) is 0 Å². The van der Waals surface area contributed by atoms with Gasteiger partial charge in [-0.25, -0.2) is 4.79 Å². The van der Waals surface area contributed by atoms with Gasteiger partial charge < -0.3 is 14.9 Å². The molecule has 1 atom stereocenters. The van der Waals surface area contributed by atoms with E-state index in [0.717, 1.165) is 19.4 Å². The normalized spacial score (nSPS) is 27.6. The summed E-state index contributed by atoms with van der Waals surface area (Å²) in [5.41, 5.74) is -0.706. The van der Waals surface area contributed by atoms with Crippen LogP contribution in [0.4, 0.5) is 4.79 Å². The quantitative estimate of drug-likeness (QED) is 0.683. The Balaban J connectivity index is 2.56. The summed E-state index contributed by atoms with van der Waals surface area (Å²) in [5, 5.41) is 9.84. The fraction of sp³-hybridized carbons (Fsp3) is 0.900. The summed E-state index contributed by atoms with van der Waals surface area (Å²) in [7, 11) is 1.78. The van der Waals surface area contributed by atoms with Gasteiger partial charge in [-0.2, -0.15) is 0 Å². The lowest BCUT2D eigenvalue weighted by Crippen LogP contribution is -2.52. The van der Waals surface area contributed by atoms with Crippen LogP contribution in [0.1, 0.15) is 26.7 Å². The highest BCUT2D eigenvalue weighted by Gasteiger charge is 2.31. The minimum atomic E-state index is -0.706. The molecule has 1 fully saturated rings.